The van der Waals surface area contributed by atoms with Crippen LogP contribution in [0.2, 0.25) is 0 Å². The fourth-order valence-electron chi connectivity index (χ4n) is 3.37. The summed E-state index contributed by atoms with van der Waals surface area (Å²) >= 11 is 5.29. The molecule has 0 aliphatic heterocycles. The van der Waals surface area contributed by atoms with Crippen molar-refractivity contribution in [2.24, 2.45) is 0 Å². The third-order valence-corrected chi connectivity index (χ3v) is 5.56. The number of nitrogens with one attached hydrogen (secondary N) is 3. The van der Waals surface area contributed by atoms with Crippen LogP contribution in [0.3, 0.4) is 0 Å². The van der Waals surface area contributed by atoms with Gasteiger partial charge in [0, 0.05) is 18.8 Å². The van der Waals surface area contributed by atoms with Crippen LogP contribution in [0.25, 0.3) is 10.8 Å². The lowest BCUT2D eigenvalue weighted by Gasteiger charge is -2.11. The van der Waals surface area contributed by atoms with E-state index in [4.69, 9.17) is 12.2 Å². The van der Waals surface area contributed by atoms with Gasteiger partial charge in [-0.15, -0.1) is 0 Å². The Balaban J connectivity index is 0.000000194. The molecule has 0 fully saturated rings. The van der Waals surface area contributed by atoms with Gasteiger partial charge in [0.1, 0.15) is 0 Å². The molecule has 4 aromatic rings. The van der Waals surface area contributed by atoms with E-state index in [0.29, 0.717) is 11.7 Å². The van der Waals surface area contributed by atoms with E-state index in [-0.39, 0.29) is 0 Å². The Morgan fingerprint density at radius 3 is 2.30 bits per heavy atom. The highest BCUT2D eigenvalue weighted by Gasteiger charge is 2.00. The molecule has 168 valence electrons. The van der Waals surface area contributed by atoms with Crippen LogP contribution in [0, 0.1) is 13.8 Å². The second-order valence-corrected chi connectivity index (χ2v) is 8.14. The summed E-state index contributed by atoms with van der Waals surface area (Å²) in [5.74, 6) is 0. The van der Waals surface area contributed by atoms with Crippen LogP contribution >= 0.6 is 12.2 Å². The summed E-state index contributed by atoms with van der Waals surface area (Å²) < 4.78 is 0. The molecule has 4 aromatic carbocycles. The van der Waals surface area contributed by atoms with Crippen molar-refractivity contribution in [3.63, 3.8) is 0 Å². The number of thiocarbonyl (C=S) groups is 1. The van der Waals surface area contributed by atoms with E-state index < -0.39 is 0 Å². The van der Waals surface area contributed by atoms with Crippen molar-refractivity contribution < 1.29 is 4.79 Å². The molecule has 0 saturated heterocycles. The van der Waals surface area contributed by atoms with Crippen molar-refractivity contribution in [1.82, 2.24) is 10.6 Å². The Kier molecular flexibility index (Phi) is 8.98. The highest BCUT2D eigenvalue weighted by Crippen LogP contribution is 2.18. The maximum atomic E-state index is 10.2. The first-order valence-electron chi connectivity index (χ1n) is 10.9. The van der Waals surface area contributed by atoms with Crippen LogP contribution in [0.15, 0.2) is 91.0 Å². The molecule has 3 N–H and O–H groups in total. The number of carbonyl (C=O) groups is 1. The first-order valence-corrected chi connectivity index (χ1v) is 11.3. The predicted molar refractivity (Wildman–Crippen MR) is 142 cm³/mol. The third kappa shape index (κ3) is 7.44. The average molecular weight is 456 g/mol. The van der Waals surface area contributed by atoms with E-state index >= 15 is 0 Å². The Labute approximate surface area is 201 Å². The van der Waals surface area contributed by atoms with Gasteiger partial charge < -0.3 is 16.0 Å². The maximum Gasteiger partial charge on any atom is 0.207 e. The molecule has 5 heteroatoms. The minimum atomic E-state index is 0.588. The van der Waals surface area contributed by atoms with Crippen molar-refractivity contribution in [2.75, 3.05) is 5.32 Å². The van der Waals surface area contributed by atoms with Gasteiger partial charge in [0.2, 0.25) is 6.41 Å². The van der Waals surface area contributed by atoms with Gasteiger partial charge >= 0.3 is 0 Å². The molecule has 0 aromatic heterocycles. The normalized spacial score (nSPS) is 10.0. The van der Waals surface area contributed by atoms with Crippen LogP contribution in [0.4, 0.5) is 5.69 Å². The molecule has 0 atom stereocenters. The zero-order valence-corrected chi connectivity index (χ0v) is 19.8. The summed E-state index contributed by atoms with van der Waals surface area (Å²) in [5.41, 5.74) is 5.93. The summed E-state index contributed by atoms with van der Waals surface area (Å²) in [4.78, 5) is 10.2. The average Bonchev–Trinajstić information content (AvgIpc) is 2.85. The molecule has 0 aliphatic carbocycles. The number of benzene rings is 4. The zero-order chi connectivity index (χ0) is 23.5. The fraction of sp³-hybridized carbons (Fsp3) is 0.143. The maximum absolute atomic E-state index is 10.2. The van der Waals surface area contributed by atoms with Crippen LogP contribution in [0.1, 0.15) is 22.3 Å². The number of carbonyl (C=O) groups excluding carboxylic acids is 1. The van der Waals surface area contributed by atoms with Crippen LogP contribution in [0.5, 0.6) is 0 Å². The second kappa shape index (κ2) is 12.4. The minimum absolute atomic E-state index is 0.588. The van der Waals surface area contributed by atoms with Gasteiger partial charge in [-0.1, -0.05) is 78.9 Å². The van der Waals surface area contributed by atoms with Crippen molar-refractivity contribution in [1.29, 1.82) is 0 Å². The molecule has 0 bridgehead atoms. The SMILES string of the molecule is Cc1ccc(NC(=S)NCc2ccccc2)cc1C.O=CNCc1cccc2ccccc12. The predicted octanol–water partition coefficient (Wildman–Crippen LogP) is 5.88. The third-order valence-electron chi connectivity index (χ3n) is 5.32. The number of rotatable bonds is 6. The Hall–Kier alpha value is -3.70. The molecule has 4 rings (SSSR count). The number of hydrogen-bond acceptors (Lipinski definition) is 2. The molecule has 0 spiro atoms. The van der Waals surface area contributed by atoms with E-state index in [0.717, 1.165) is 24.2 Å². The minimum Gasteiger partial charge on any atom is -0.358 e. The summed E-state index contributed by atoms with van der Waals surface area (Å²) in [6, 6.07) is 30.7. The van der Waals surface area contributed by atoms with Crippen LogP contribution in [-0.4, -0.2) is 11.5 Å². The molecule has 0 radical (unpaired) electrons. The highest BCUT2D eigenvalue weighted by atomic mass is 32.1. The largest absolute Gasteiger partial charge is 0.358 e. The second-order valence-electron chi connectivity index (χ2n) is 7.73. The molecule has 1 amide bonds. The molecule has 0 heterocycles. The van der Waals surface area contributed by atoms with Gasteiger partial charge in [-0.05, 0) is 71.2 Å². The van der Waals surface area contributed by atoms with E-state index in [1.54, 1.807) is 0 Å². The monoisotopic (exact) mass is 455 g/mol. The fourth-order valence-corrected chi connectivity index (χ4v) is 3.56. The molecule has 0 saturated carbocycles. The Bertz CT molecular complexity index is 1200. The van der Waals surface area contributed by atoms with Gasteiger partial charge in [0.05, 0.1) is 0 Å². The summed E-state index contributed by atoms with van der Waals surface area (Å²) in [6.45, 7) is 5.52. The van der Waals surface area contributed by atoms with Gasteiger partial charge in [-0.25, -0.2) is 0 Å². The smallest absolute Gasteiger partial charge is 0.207 e. The standard InChI is InChI=1S/C16H18N2S.C12H11NO/c1-12-8-9-15(10-13(12)2)18-16(19)17-11-14-6-4-3-5-7-14;14-9-13-8-11-6-3-5-10-4-1-2-7-12(10)11/h3-10H,11H2,1-2H3,(H2,17,18,19);1-7,9H,8H2,(H,13,14). The molecule has 4 nitrogen and oxygen atoms in total. The molecule has 0 unspecified atom stereocenters. The first kappa shape index (κ1) is 24.0. The Morgan fingerprint density at radius 2 is 1.55 bits per heavy atom. The number of amides is 1. The van der Waals surface area contributed by atoms with Gasteiger partial charge in [-0.3, -0.25) is 4.79 Å². The molecular formula is C28H29N3OS. The number of fused-ring (bicyclic) bond motifs is 1. The lowest BCUT2D eigenvalue weighted by atomic mass is 10.0. The van der Waals surface area contributed by atoms with Crippen LogP contribution < -0.4 is 16.0 Å². The van der Waals surface area contributed by atoms with Crippen LogP contribution in [-0.2, 0) is 17.9 Å². The number of aryl methyl sites for hydroxylation is 2. The van der Waals surface area contributed by atoms with E-state index in [1.165, 1.54) is 27.5 Å². The summed E-state index contributed by atoms with van der Waals surface area (Å²) in [7, 11) is 0. The van der Waals surface area contributed by atoms with Crippen molar-refractivity contribution in [3.05, 3.63) is 113 Å². The summed E-state index contributed by atoms with van der Waals surface area (Å²) in [5, 5.41) is 12.1. The lowest BCUT2D eigenvalue weighted by molar-refractivity contribution is -0.109. The zero-order valence-electron chi connectivity index (χ0n) is 19.0. The molecule has 33 heavy (non-hydrogen) atoms. The number of anilines is 1. The van der Waals surface area contributed by atoms with Gasteiger partial charge in [0.25, 0.3) is 0 Å². The van der Waals surface area contributed by atoms with Gasteiger partial charge in [0.15, 0.2) is 5.11 Å². The van der Waals surface area contributed by atoms with Crippen molar-refractivity contribution in [2.45, 2.75) is 26.9 Å². The first-order chi connectivity index (χ1) is 16.1. The topological polar surface area (TPSA) is 53.2 Å². The quantitative estimate of drug-likeness (QED) is 0.251. The lowest BCUT2D eigenvalue weighted by Crippen LogP contribution is -2.27. The van der Waals surface area contributed by atoms with E-state index in [9.17, 15) is 4.79 Å². The van der Waals surface area contributed by atoms with Gasteiger partial charge in [-0.2, -0.15) is 0 Å². The summed E-state index contributed by atoms with van der Waals surface area (Å²) in [6.07, 6.45) is 0.724. The van der Waals surface area contributed by atoms with Crippen molar-refractivity contribution >= 4 is 40.2 Å². The molecular weight excluding hydrogens is 426 g/mol. The highest BCUT2D eigenvalue weighted by molar-refractivity contribution is 7.80. The number of hydrogen-bond donors (Lipinski definition) is 3. The molecule has 0 aliphatic rings. The van der Waals surface area contributed by atoms with E-state index in [2.05, 4.69) is 72.3 Å². The Morgan fingerprint density at radius 1 is 0.818 bits per heavy atom. The van der Waals surface area contributed by atoms with E-state index in [1.807, 2.05) is 48.5 Å². The van der Waals surface area contributed by atoms with Crippen molar-refractivity contribution in [3.8, 4) is 0 Å².